The van der Waals surface area contributed by atoms with Gasteiger partial charge >= 0.3 is 5.97 Å². The van der Waals surface area contributed by atoms with E-state index in [1.165, 1.54) is 18.2 Å². The number of amides is 1. The summed E-state index contributed by atoms with van der Waals surface area (Å²) in [6.07, 6.45) is 1.88. The topological polar surface area (TPSA) is 108 Å². The zero-order chi connectivity index (χ0) is 19.4. The molecule has 2 atom stereocenters. The minimum atomic E-state index is -1.26. The van der Waals surface area contributed by atoms with E-state index in [0.717, 1.165) is 16.5 Å². The van der Waals surface area contributed by atoms with Gasteiger partial charge in [-0.25, -0.2) is 9.18 Å². The first-order chi connectivity index (χ1) is 13.0. The third-order valence-corrected chi connectivity index (χ3v) is 4.45. The molecule has 1 amide bonds. The van der Waals surface area contributed by atoms with Crippen LogP contribution in [-0.4, -0.2) is 34.1 Å². The van der Waals surface area contributed by atoms with Crippen molar-refractivity contribution in [1.82, 2.24) is 10.3 Å². The maximum atomic E-state index is 13.8. The number of nitrogens with two attached hydrogens (primary N) is 1. The van der Waals surface area contributed by atoms with Crippen LogP contribution in [0.15, 0.2) is 54.7 Å². The Bertz CT molecular complexity index is 970. The first kappa shape index (κ1) is 18.6. The Morgan fingerprint density at radius 1 is 1.07 bits per heavy atom. The average Bonchev–Trinajstić information content (AvgIpc) is 3.05. The van der Waals surface area contributed by atoms with E-state index >= 15 is 0 Å². The lowest BCUT2D eigenvalue weighted by Crippen LogP contribution is -2.50. The normalized spacial score (nSPS) is 13.3. The van der Waals surface area contributed by atoms with Crippen LogP contribution >= 0.6 is 0 Å². The van der Waals surface area contributed by atoms with Gasteiger partial charge in [0.25, 0.3) is 0 Å². The number of para-hydroxylation sites is 1. The van der Waals surface area contributed by atoms with E-state index in [1.807, 2.05) is 24.3 Å². The van der Waals surface area contributed by atoms with Crippen LogP contribution in [-0.2, 0) is 22.4 Å². The summed E-state index contributed by atoms with van der Waals surface area (Å²) in [5.74, 6) is -2.35. The molecule has 1 heterocycles. The number of fused-ring (bicyclic) bond motifs is 1. The molecule has 6 nitrogen and oxygen atoms in total. The van der Waals surface area contributed by atoms with Crippen LogP contribution in [0.4, 0.5) is 4.39 Å². The first-order valence-corrected chi connectivity index (χ1v) is 8.53. The van der Waals surface area contributed by atoms with Crippen LogP contribution in [0, 0.1) is 5.82 Å². The molecule has 0 aliphatic heterocycles. The molecule has 0 radical (unpaired) electrons. The Hall–Kier alpha value is -3.19. The van der Waals surface area contributed by atoms with E-state index in [0.29, 0.717) is 0 Å². The highest BCUT2D eigenvalue weighted by Crippen LogP contribution is 2.19. The fourth-order valence-electron chi connectivity index (χ4n) is 2.99. The van der Waals surface area contributed by atoms with Crippen molar-refractivity contribution in [3.8, 4) is 0 Å². The zero-order valence-corrected chi connectivity index (χ0v) is 14.5. The van der Waals surface area contributed by atoms with Crippen LogP contribution in [0.1, 0.15) is 11.1 Å². The van der Waals surface area contributed by atoms with E-state index in [1.54, 1.807) is 12.3 Å². The van der Waals surface area contributed by atoms with Gasteiger partial charge in [-0.2, -0.15) is 0 Å². The van der Waals surface area contributed by atoms with Crippen molar-refractivity contribution < 1.29 is 19.1 Å². The lowest BCUT2D eigenvalue weighted by molar-refractivity contribution is -0.142. The lowest BCUT2D eigenvalue weighted by atomic mass is 10.0. The standard InChI is InChI=1S/C20H20FN3O3/c21-15-7-3-1-5-12(15)10-18(20(26)27)24-19(25)16(22)9-13-11-23-17-8-4-2-6-14(13)17/h1-8,11,16,18,23H,9-10,22H2,(H,24,25)(H,26,27). The summed E-state index contributed by atoms with van der Waals surface area (Å²) in [5.41, 5.74) is 8.00. The van der Waals surface area contributed by atoms with Gasteiger partial charge in [-0.1, -0.05) is 36.4 Å². The van der Waals surface area contributed by atoms with Crippen LogP contribution < -0.4 is 11.1 Å². The van der Waals surface area contributed by atoms with Crippen LogP contribution in [0.5, 0.6) is 0 Å². The number of carbonyl (C=O) groups is 2. The summed E-state index contributed by atoms with van der Waals surface area (Å²) in [7, 11) is 0. The number of carboxylic acids is 1. The minimum absolute atomic E-state index is 0.159. The van der Waals surface area contributed by atoms with Crippen LogP contribution in [0.25, 0.3) is 10.9 Å². The predicted molar refractivity (Wildman–Crippen MR) is 99.6 cm³/mol. The fraction of sp³-hybridized carbons (Fsp3) is 0.200. The quantitative estimate of drug-likeness (QED) is 0.511. The maximum Gasteiger partial charge on any atom is 0.326 e. The molecule has 5 N–H and O–H groups in total. The highest BCUT2D eigenvalue weighted by molar-refractivity contribution is 5.88. The number of hydrogen-bond acceptors (Lipinski definition) is 3. The molecule has 7 heteroatoms. The molecule has 0 bridgehead atoms. The monoisotopic (exact) mass is 369 g/mol. The average molecular weight is 369 g/mol. The third-order valence-electron chi connectivity index (χ3n) is 4.45. The molecule has 2 aromatic carbocycles. The lowest BCUT2D eigenvalue weighted by Gasteiger charge is -2.18. The number of aromatic nitrogens is 1. The number of H-pyrrole nitrogens is 1. The number of hydrogen-bond donors (Lipinski definition) is 4. The molecule has 0 aliphatic carbocycles. The van der Waals surface area contributed by atoms with E-state index in [9.17, 15) is 19.1 Å². The van der Waals surface area contributed by atoms with Crippen molar-refractivity contribution in [3.05, 3.63) is 71.7 Å². The Morgan fingerprint density at radius 2 is 1.78 bits per heavy atom. The van der Waals surface area contributed by atoms with Crippen molar-refractivity contribution in [2.45, 2.75) is 24.9 Å². The molecule has 0 spiro atoms. The first-order valence-electron chi connectivity index (χ1n) is 8.53. The number of aromatic amines is 1. The van der Waals surface area contributed by atoms with Gasteiger partial charge in [-0.05, 0) is 29.7 Å². The minimum Gasteiger partial charge on any atom is -0.480 e. The molecule has 0 fully saturated rings. The fourth-order valence-corrected chi connectivity index (χ4v) is 2.99. The van der Waals surface area contributed by atoms with E-state index in [2.05, 4.69) is 10.3 Å². The SMILES string of the molecule is NC(Cc1c[nH]c2ccccc12)C(=O)NC(Cc1ccccc1F)C(=O)O. The molecule has 140 valence electrons. The molecule has 3 aromatic rings. The summed E-state index contributed by atoms with van der Waals surface area (Å²) in [5, 5.41) is 12.7. The van der Waals surface area contributed by atoms with E-state index < -0.39 is 29.8 Å². The van der Waals surface area contributed by atoms with Gasteiger partial charge in [0.05, 0.1) is 6.04 Å². The smallest absolute Gasteiger partial charge is 0.326 e. The molecule has 0 saturated carbocycles. The molecule has 2 unspecified atom stereocenters. The van der Waals surface area contributed by atoms with Crippen LogP contribution in [0.2, 0.25) is 0 Å². The second-order valence-corrected chi connectivity index (χ2v) is 6.37. The summed E-state index contributed by atoms with van der Waals surface area (Å²) < 4.78 is 13.8. The Labute approximate surface area is 155 Å². The summed E-state index contributed by atoms with van der Waals surface area (Å²) >= 11 is 0. The number of carboxylic acid groups (broad SMARTS) is 1. The number of halogens is 1. The van der Waals surface area contributed by atoms with Crippen molar-refractivity contribution in [3.63, 3.8) is 0 Å². The van der Waals surface area contributed by atoms with Gasteiger partial charge in [0.15, 0.2) is 0 Å². The van der Waals surface area contributed by atoms with Gasteiger partial charge in [-0.3, -0.25) is 4.79 Å². The summed E-state index contributed by atoms with van der Waals surface area (Å²) in [4.78, 5) is 27.0. The van der Waals surface area contributed by atoms with E-state index in [4.69, 9.17) is 5.73 Å². The highest BCUT2D eigenvalue weighted by Gasteiger charge is 2.25. The Kier molecular flexibility index (Phi) is 5.52. The van der Waals surface area contributed by atoms with Crippen LogP contribution in [0.3, 0.4) is 0 Å². The molecular formula is C20H20FN3O3. The second kappa shape index (κ2) is 8.01. The van der Waals surface area contributed by atoms with Gasteiger partial charge < -0.3 is 21.1 Å². The number of aliphatic carboxylic acids is 1. The van der Waals surface area contributed by atoms with Crippen molar-refractivity contribution in [2.24, 2.45) is 5.73 Å². The number of carbonyl (C=O) groups excluding carboxylic acids is 1. The molecule has 0 aliphatic rings. The molecule has 0 saturated heterocycles. The largest absolute Gasteiger partial charge is 0.480 e. The van der Waals surface area contributed by atoms with E-state index in [-0.39, 0.29) is 18.4 Å². The highest BCUT2D eigenvalue weighted by atomic mass is 19.1. The Balaban J connectivity index is 1.68. The van der Waals surface area contributed by atoms with Crippen molar-refractivity contribution >= 4 is 22.8 Å². The molecule has 27 heavy (non-hydrogen) atoms. The van der Waals surface area contributed by atoms with Gasteiger partial charge in [-0.15, -0.1) is 0 Å². The second-order valence-electron chi connectivity index (χ2n) is 6.37. The zero-order valence-electron chi connectivity index (χ0n) is 14.5. The molecular weight excluding hydrogens is 349 g/mol. The van der Waals surface area contributed by atoms with Gasteiger partial charge in [0.2, 0.25) is 5.91 Å². The molecule has 3 rings (SSSR count). The third kappa shape index (κ3) is 4.32. The molecule has 1 aromatic heterocycles. The van der Waals surface area contributed by atoms with Crippen molar-refractivity contribution in [2.75, 3.05) is 0 Å². The van der Waals surface area contributed by atoms with Gasteiger partial charge in [0.1, 0.15) is 11.9 Å². The Morgan fingerprint density at radius 3 is 2.52 bits per heavy atom. The maximum absolute atomic E-state index is 13.8. The predicted octanol–water partition coefficient (Wildman–Crippen LogP) is 1.99. The summed E-state index contributed by atoms with van der Waals surface area (Å²) in [6.45, 7) is 0. The number of rotatable bonds is 7. The van der Waals surface area contributed by atoms with Gasteiger partial charge in [0, 0.05) is 23.5 Å². The van der Waals surface area contributed by atoms with Crippen molar-refractivity contribution in [1.29, 1.82) is 0 Å². The number of benzene rings is 2. The number of nitrogens with one attached hydrogen (secondary N) is 2. The summed E-state index contributed by atoms with van der Waals surface area (Å²) in [6, 6.07) is 11.3.